The summed E-state index contributed by atoms with van der Waals surface area (Å²) in [6, 6.07) is 3.91. The Hall–Kier alpha value is -0.770. The van der Waals surface area contributed by atoms with Crippen LogP contribution in [0.5, 0.6) is 5.75 Å². The van der Waals surface area contributed by atoms with Crippen molar-refractivity contribution >= 4 is 11.6 Å². The van der Waals surface area contributed by atoms with Crippen molar-refractivity contribution in [3.8, 4) is 5.75 Å². The molecule has 0 saturated carbocycles. The van der Waals surface area contributed by atoms with Crippen molar-refractivity contribution in [1.82, 2.24) is 5.32 Å². The zero-order chi connectivity index (χ0) is 12.6. The molecule has 18 heavy (non-hydrogen) atoms. The normalized spacial score (nSPS) is 21.4. The molecule has 0 bridgehead atoms. The number of fused-ring (bicyclic) bond motifs is 1. The molecular weight excluding hydrogens is 250 g/mol. The Morgan fingerprint density at radius 2 is 2.11 bits per heavy atom. The maximum Gasteiger partial charge on any atom is 0.126 e. The van der Waals surface area contributed by atoms with E-state index in [-0.39, 0.29) is 0 Å². The average molecular weight is 268 g/mol. The molecule has 1 saturated heterocycles. The minimum atomic E-state index is -0.615. The molecule has 3 rings (SSSR count). The van der Waals surface area contributed by atoms with Gasteiger partial charge in [-0.05, 0) is 49.2 Å². The Kier molecular flexibility index (Phi) is 3.22. The van der Waals surface area contributed by atoms with Gasteiger partial charge in [0.25, 0.3) is 0 Å². The SMILES string of the molecule is OC1(Cc2cc(Cl)cc3c2OCC3)CCNCC1. The smallest absolute Gasteiger partial charge is 0.126 e. The second-order valence-corrected chi connectivity index (χ2v) is 5.74. The van der Waals surface area contributed by atoms with Crippen molar-refractivity contribution in [2.24, 2.45) is 0 Å². The number of aliphatic hydroxyl groups is 1. The summed E-state index contributed by atoms with van der Waals surface area (Å²) in [5.74, 6) is 0.950. The minimum absolute atomic E-state index is 0.615. The monoisotopic (exact) mass is 267 g/mol. The zero-order valence-electron chi connectivity index (χ0n) is 10.3. The van der Waals surface area contributed by atoms with E-state index in [9.17, 15) is 5.11 Å². The highest BCUT2D eigenvalue weighted by atomic mass is 35.5. The number of benzene rings is 1. The predicted molar refractivity (Wildman–Crippen MR) is 71.4 cm³/mol. The highest BCUT2D eigenvalue weighted by Gasteiger charge is 2.31. The summed E-state index contributed by atoms with van der Waals surface area (Å²) in [7, 11) is 0. The fourth-order valence-electron chi connectivity index (χ4n) is 2.90. The number of nitrogens with one attached hydrogen (secondary N) is 1. The molecule has 2 aliphatic heterocycles. The molecule has 2 heterocycles. The number of rotatable bonds is 2. The van der Waals surface area contributed by atoms with Crippen LogP contribution in [0.2, 0.25) is 5.02 Å². The van der Waals surface area contributed by atoms with Crippen molar-refractivity contribution in [3.63, 3.8) is 0 Å². The van der Waals surface area contributed by atoms with Gasteiger partial charge in [0.15, 0.2) is 0 Å². The van der Waals surface area contributed by atoms with Gasteiger partial charge in [-0.2, -0.15) is 0 Å². The van der Waals surface area contributed by atoms with Crippen LogP contribution in [0.25, 0.3) is 0 Å². The molecule has 1 aromatic carbocycles. The molecule has 3 nitrogen and oxygen atoms in total. The third-order valence-electron chi connectivity index (χ3n) is 3.88. The molecule has 1 aromatic rings. The van der Waals surface area contributed by atoms with E-state index < -0.39 is 5.60 Å². The Morgan fingerprint density at radius 3 is 2.89 bits per heavy atom. The van der Waals surface area contributed by atoms with Gasteiger partial charge in [0.2, 0.25) is 0 Å². The Bertz CT molecular complexity index is 455. The quantitative estimate of drug-likeness (QED) is 0.860. The lowest BCUT2D eigenvalue weighted by molar-refractivity contribution is 0.0104. The molecule has 0 aliphatic carbocycles. The number of hydrogen-bond donors (Lipinski definition) is 2. The van der Waals surface area contributed by atoms with E-state index in [4.69, 9.17) is 16.3 Å². The fraction of sp³-hybridized carbons (Fsp3) is 0.571. The van der Waals surface area contributed by atoms with Crippen molar-refractivity contribution in [2.75, 3.05) is 19.7 Å². The molecule has 4 heteroatoms. The van der Waals surface area contributed by atoms with Crippen LogP contribution in [-0.4, -0.2) is 30.4 Å². The number of hydrogen-bond acceptors (Lipinski definition) is 3. The topological polar surface area (TPSA) is 41.5 Å². The number of piperidine rings is 1. The summed E-state index contributed by atoms with van der Waals surface area (Å²) in [6.07, 6.45) is 3.13. The van der Waals surface area contributed by atoms with Crippen molar-refractivity contribution in [3.05, 3.63) is 28.3 Å². The molecule has 0 amide bonds. The van der Waals surface area contributed by atoms with Crippen LogP contribution in [0.3, 0.4) is 0 Å². The molecule has 0 spiro atoms. The number of halogens is 1. The molecule has 0 atom stereocenters. The third-order valence-corrected chi connectivity index (χ3v) is 4.10. The van der Waals surface area contributed by atoms with Crippen LogP contribution in [-0.2, 0) is 12.8 Å². The first kappa shape index (κ1) is 12.3. The van der Waals surface area contributed by atoms with Crippen LogP contribution in [0, 0.1) is 0 Å². The van der Waals surface area contributed by atoms with E-state index in [1.165, 1.54) is 5.56 Å². The first-order chi connectivity index (χ1) is 8.66. The summed E-state index contributed by atoms with van der Waals surface area (Å²) in [5.41, 5.74) is 1.62. The average Bonchev–Trinajstić information content (AvgIpc) is 2.77. The van der Waals surface area contributed by atoms with E-state index >= 15 is 0 Å². The van der Waals surface area contributed by atoms with Crippen molar-refractivity contribution < 1.29 is 9.84 Å². The van der Waals surface area contributed by atoms with Crippen LogP contribution in [0.4, 0.5) is 0 Å². The van der Waals surface area contributed by atoms with Crippen LogP contribution < -0.4 is 10.1 Å². The molecule has 1 fully saturated rings. The van der Waals surface area contributed by atoms with Gasteiger partial charge in [-0.25, -0.2) is 0 Å². The second kappa shape index (κ2) is 4.72. The van der Waals surface area contributed by atoms with Gasteiger partial charge >= 0.3 is 0 Å². The van der Waals surface area contributed by atoms with Gasteiger partial charge in [0, 0.05) is 17.9 Å². The lowest BCUT2D eigenvalue weighted by atomic mass is 9.85. The molecule has 2 N–H and O–H groups in total. The highest BCUT2D eigenvalue weighted by Crippen LogP contribution is 2.36. The van der Waals surface area contributed by atoms with Crippen LogP contribution in [0.1, 0.15) is 24.0 Å². The van der Waals surface area contributed by atoms with E-state index in [1.54, 1.807) is 0 Å². The lowest BCUT2D eigenvalue weighted by Gasteiger charge is -2.33. The highest BCUT2D eigenvalue weighted by molar-refractivity contribution is 6.30. The first-order valence-electron chi connectivity index (χ1n) is 6.53. The third kappa shape index (κ3) is 2.35. The summed E-state index contributed by atoms with van der Waals surface area (Å²) in [6.45, 7) is 2.48. The molecule has 0 aromatic heterocycles. The van der Waals surface area contributed by atoms with Gasteiger partial charge in [0.1, 0.15) is 5.75 Å². The molecule has 98 valence electrons. The predicted octanol–water partition coefficient (Wildman–Crippen LogP) is 1.93. The van der Waals surface area contributed by atoms with Crippen LogP contribution in [0.15, 0.2) is 12.1 Å². The van der Waals surface area contributed by atoms with Crippen LogP contribution >= 0.6 is 11.6 Å². The minimum Gasteiger partial charge on any atom is -0.493 e. The summed E-state index contributed by atoms with van der Waals surface area (Å²) in [4.78, 5) is 0. The molecule has 0 unspecified atom stereocenters. The largest absolute Gasteiger partial charge is 0.493 e. The van der Waals surface area contributed by atoms with Gasteiger partial charge in [-0.1, -0.05) is 11.6 Å². The van der Waals surface area contributed by atoms with E-state index in [1.807, 2.05) is 12.1 Å². The second-order valence-electron chi connectivity index (χ2n) is 5.30. The summed E-state index contributed by atoms with van der Waals surface area (Å²) < 4.78 is 5.69. The van der Waals surface area contributed by atoms with Crippen molar-refractivity contribution in [1.29, 1.82) is 0 Å². The van der Waals surface area contributed by atoms with Gasteiger partial charge in [-0.15, -0.1) is 0 Å². The standard InChI is InChI=1S/C14H18ClNO2/c15-12-7-10-1-6-18-13(10)11(8-12)9-14(17)2-4-16-5-3-14/h7-8,16-17H,1-6,9H2. The molecular formula is C14H18ClNO2. The van der Waals surface area contributed by atoms with E-state index in [0.717, 1.165) is 55.3 Å². The maximum atomic E-state index is 10.6. The Labute approximate surface area is 112 Å². The first-order valence-corrected chi connectivity index (χ1v) is 6.91. The zero-order valence-corrected chi connectivity index (χ0v) is 11.1. The summed E-state index contributed by atoms with van der Waals surface area (Å²) >= 11 is 6.14. The van der Waals surface area contributed by atoms with Crippen molar-refractivity contribution in [2.45, 2.75) is 31.3 Å². The Balaban J connectivity index is 1.88. The van der Waals surface area contributed by atoms with E-state index in [2.05, 4.69) is 5.32 Å². The Morgan fingerprint density at radius 1 is 1.33 bits per heavy atom. The van der Waals surface area contributed by atoms with E-state index in [0.29, 0.717) is 6.42 Å². The maximum absolute atomic E-state index is 10.6. The van der Waals surface area contributed by atoms with Gasteiger partial charge < -0.3 is 15.2 Å². The van der Waals surface area contributed by atoms with Gasteiger partial charge in [-0.3, -0.25) is 0 Å². The molecule has 0 radical (unpaired) electrons. The summed E-state index contributed by atoms with van der Waals surface area (Å²) in [5, 5.41) is 14.6. The molecule has 2 aliphatic rings. The lowest BCUT2D eigenvalue weighted by Crippen LogP contribution is -2.43. The number of ether oxygens (including phenoxy) is 1. The fourth-order valence-corrected chi connectivity index (χ4v) is 3.16. The van der Waals surface area contributed by atoms with Gasteiger partial charge in [0.05, 0.1) is 12.2 Å².